The lowest BCUT2D eigenvalue weighted by molar-refractivity contribution is 0.0601. The quantitative estimate of drug-likeness (QED) is 0.522. The molecule has 0 atom stereocenters. The molecule has 0 bridgehead atoms. The van der Waals surface area contributed by atoms with E-state index in [2.05, 4.69) is 11.8 Å². The van der Waals surface area contributed by atoms with Crippen LogP contribution in [-0.4, -0.2) is 43.4 Å². The van der Waals surface area contributed by atoms with Crippen molar-refractivity contribution in [3.05, 3.63) is 72.6 Å². The maximum Gasteiger partial charge on any atom is 0.340 e. The third kappa shape index (κ3) is 4.13. The summed E-state index contributed by atoms with van der Waals surface area (Å²) in [7, 11) is 1.40. The fourth-order valence-electron chi connectivity index (χ4n) is 3.55. The molecule has 1 aliphatic heterocycles. The van der Waals surface area contributed by atoms with E-state index < -0.39 is 0 Å². The number of carbonyl (C=O) groups is 1. The van der Waals surface area contributed by atoms with Crippen molar-refractivity contribution in [2.24, 2.45) is 0 Å². The van der Waals surface area contributed by atoms with E-state index in [9.17, 15) is 4.79 Å². The van der Waals surface area contributed by atoms with Crippen LogP contribution in [0, 0.1) is 0 Å². The highest BCUT2D eigenvalue weighted by atomic mass is 16.5. The highest BCUT2D eigenvalue weighted by Gasteiger charge is 2.32. The van der Waals surface area contributed by atoms with Gasteiger partial charge in [0.05, 0.1) is 43.7 Å². The predicted molar refractivity (Wildman–Crippen MR) is 116 cm³/mol. The van der Waals surface area contributed by atoms with Gasteiger partial charge in [0.25, 0.3) is 0 Å². The number of ether oxygens (including phenoxy) is 3. The van der Waals surface area contributed by atoms with Crippen molar-refractivity contribution >= 4 is 11.7 Å². The van der Waals surface area contributed by atoms with E-state index in [1.807, 2.05) is 65.5 Å². The molecular formula is C24H26N2O4. The Morgan fingerprint density at radius 2 is 1.70 bits per heavy atom. The van der Waals surface area contributed by atoms with Crippen molar-refractivity contribution in [1.82, 2.24) is 4.57 Å². The second kappa shape index (κ2) is 8.95. The summed E-state index contributed by atoms with van der Waals surface area (Å²) in [4.78, 5) is 14.5. The monoisotopic (exact) mass is 406 g/mol. The molecule has 0 amide bonds. The first-order valence-electron chi connectivity index (χ1n) is 10.2. The van der Waals surface area contributed by atoms with Crippen molar-refractivity contribution in [2.45, 2.75) is 19.4 Å². The van der Waals surface area contributed by atoms with Crippen molar-refractivity contribution < 1.29 is 19.0 Å². The van der Waals surface area contributed by atoms with Gasteiger partial charge in [-0.3, -0.25) is 0 Å². The largest absolute Gasteiger partial charge is 0.494 e. The molecule has 156 valence electrons. The molecule has 3 aromatic rings. The fraction of sp³-hybridized carbons (Fsp3) is 0.292. The van der Waals surface area contributed by atoms with Crippen LogP contribution in [0.5, 0.6) is 11.5 Å². The molecule has 0 N–H and O–H groups in total. The number of carbonyl (C=O) groups excluding carboxylic acids is 1. The number of anilines is 1. The fourth-order valence-corrected chi connectivity index (χ4v) is 3.55. The highest BCUT2D eigenvalue weighted by Crippen LogP contribution is 2.33. The van der Waals surface area contributed by atoms with Crippen molar-refractivity contribution in [2.75, 3.05) is 31.7 Å². The molecule has 1 fully saturated rings. The normalized spacial score (nSPS) is 13.6. The summed E-state index contributed by atoms with van der Waals surface area (Å²) in [6.07, 6.45) is 4.94. The summed E-state index contributed by atoms with van der Waals surface area (Å²) in [5.41, 5.74) is 2.35. The molecule has 30 heavy (non-hydrogen) atoms. The van der Waals surface area contributed by atoms with Crippen LogP contribution in [0.4, 0.5) is 5.69 Å². The van der Waals surface area contributed by atoms with E-state index in [1.165, 1.54) is 7.11 Å². The SMILES string of the molecule is CCCOc1ccc(OC2CN(c3cccc(C(=O)OC)c3-n3cccc3)C2)cc1. The summed E-state index contributed by atoms with van der Waals surface area (Å²) in [5.74, 6) is 1.34. The molecule has 1 saturated heterocycles. The van der Waals surface area contributed by atoms with Crippen LogP contribution in [-0.2, 0) is 4.74 Å². The second-order valence-corrected chi connectivity index (χ2v) is 7.22. The number of benzene rings is 2. The number of hydrogen-bond donors (Lipinski definition) is 0. The van der Waals surface area contributed by atoms with Gasteiger partial charge in [0, 0.05) is 12.4 Å². The van der Waals surface area contributed by atoms with E-state index in [1.54, 1.807) is 6.07 Å². The zero-order valence-electron chi connectivity index (χ0n) is 17.3. The van der Waals surface area contributed by atoms with Crippen molar-refractivity contribution in [1.29, 1.82) is 0 Å². The van der Waals surface area contributed by atoms with Crippen molar-refractivity contribution in [3.63, 3.8) is 0 Å². The van der Waals surface area contributed by atoms with Gasteiger partial charge in [-0.25, -0.2) is 4.79 Å². The minimum Gasteiger partial charge on any atom is -0.494 e. The number of methoxy groups -OCH3 is 1. The maximum atomic E-state index is 12.3. The van der Waals surface area contributed by atoms with E-state index >= 15 is 0 Å². The number of nitrogens with zero attached hydrogens (tertiary/aromatic N) is 2. The summed E-state index contributed by atoms with van der Waals surface area (Å²) in [6, 6.07) is 17.3. The molecule has 2 heterocycles. The highest BCUT2D eigenvalue weighted by molar-refractivity contribution is 5.96. The Morgan fingerprint density at radius 1 is 1.00 bits per heavy atom. The first-order chi connectivity index (χ1) is 14.7. The Kier molecular flexibility index (Phi) is 5.93. The Morgan fingerprint density at radius 3 is 2.37 bits per heavy atom. The first kappa shape index (κ1) is 19.9. The molecule has 2 aromatic carbocycles. The van der Waals surface area contributed by atoms with Gasteiger partial charge in [-0.15, -0.1) is 0 Å². The Hall–Kier alpha value is -3.41. The zero-order chi connectivity index (χ0) is 20.9. The first-order valence-corrected chi connectivity index (χ1v) is 10.2. The molecule has 1 aliphatic rings. The minimum absolute atomic E-state index is 0.0895. The predicted octanol–water partition coefficient (Wildman–Crippen LogP) is 4.32. The van der Waals surface area contributed by atoms with Crippen LogP contribution in [0.3, 0.4) is 0 Å². The van der Waals surface area contributed by atoms with Crippen LogP contribution >= 0.6 is 0 Å². The third-order valence-electron chi connectivity index (χ3n) is 5.07. The van der Waals surface area contributed by atoms with Crippen LogP contribution in [0.15, 0.2) is 67.0 Å². The number of para-hydroxylation sites is 1. The lowest BCUT2D eigenvalue weighted by Gasteiger charge is -2.41. The van der Waals surface area contributed by atoms with Crippen LogP contribution in [0.25, 0.3) is 5.69 Å². The average molecular weight is 406 g/mol. The molecule has 0 saturated carbocycles. The van der Waals surface area contributed by atoms with Crippen LogP contribution < -0.4 is 14.4 Å². The zero-order valence-corrected chi connectivity index (χ0v) is 17.3. The number of hydrogen-bond acceptors (Lipinski definition) is 5. The number of esters is 1. The van der Waals surface area contributed by atoms with Gasteiger partial charge in [-0.05, 0) is 55.0 Å². The summed E-state index contributed by atoms with van der Waals surface area (Å²) < 4.78 is 18.6. The van der Waals surface area contributed by atoms with Gasteiger partial charge in [-0.1, -0.05) is 13.0 Å². The van der Waals surface area contributed by atoms with Gasteiger partial charge in [0.2, 0.25) is 0 Å². The minimum atomic E-state index is -0.348. The number of aromatic nitrogens is 1. The summed E-state index contributed by atoms with van der Waals surface area (Å²) in [5, 5.41) is 0. The second-order valence-electron chi connectivity index (χ2n) is 7.22. The van der Waals surface area contributed by atoms with Crippen LogP contribution in [0.2, 0.25) is 0 Å². The Balaban J connectivity index is 1.46. The molecule has 0 spiro atoms. The number of rotatable bonds is 8. The van der Waals surface area contributed by atoms with Gasteiger partial charge in [0.1, 0.15) is 17.6 Å². The molecule has 0 aliphatic carbocycles. The Bertz CT molecular complexity index is 977. The molecule has 0 radical (unpaired) electrons. The van der Waals surface area contributed by atoms with Crippen LogP contribution in [0.1, 0.15) is 23.7 Å². The summed E-state index contributed by atoms with van der Waals surface area (Å²) >= 11 is 0. The van der Waals surface area contributed by atoms with Gasteiger partial charge in [0.15, 0.2) is 0 Å². The summed E-state index contributed by atoms with van der Waals surface area (Å²) in [6.45, 7) is 4.29. The van der Waals surface area contributed by atoms with Gasteiger partial charge >= 0.3 is 5.97 Å². The molecule has 1 aromatic heterocycles. The average Bonchev–Trinajstić information content (AvgIpc) is 3.29. The lowest BCUT2D eigenvalue weighted by atomic mass is 10.1. The maximum absolute atomic E-state index is 12.3. The van der Waals surface area contributed by atoms with E-state index in [0.29, 0.717) is 12.2 Å². The standard InChI is InChI=1S/C24H26N2O4/c1-3-15-29-18-9-11-19(12-10-18)30-20-16-26(17-20)22-8-6-7-21(24(27)28-2)23(22)25-13-4-5-14-25/h4-14,20H,3,15-17H2,1-2H3. The van der Waals surface area contributed by atoms with E-state index in [-0.39, 0.29) is 12.1 Å². The van der Waals surface area contributed by atoms with Crippen molar-refractivity contribution in [3.8, 4) is 17.2 Å². The van der Waals surface area contributed by atoms with Gasteiger partial charge in [-0.2, -0.15) is 0 Å². The topological polar surface area (TPSA) is 52.9 Å². The molecular weight excluding hydrogens is 380 g/mol. The third-order valence-corrected chi connectivity index (χ3v) is 5.07. The Labute approximate surface area is 176 Å². The molecule has 0 unspecified atom stereocenters. The molecule has 6 heteroatoms. The lowest BCUT2D eigenvalue weighted by Crippen LogP contribution is -2.54. The van der Waals surface area contributed by atoms with E-state index in [0.717, 1.165) is 42.4 Å². The molecule has 4 rings (SSSR count). The van der Waals surface area contributed by atoms with Gasteiger partial charge < -0.3 is 23.7 Å². The molecule has 6 nitrogen and oxygen atoms in total. The smallest absolute Gasteiger partial charge is 0.340 e. The van der Waals surface area contributed by atoms with E-state index in [4.69, 9.17) is 14.2 Å².